The normalized spacial score (nSPS) is 10.9. The Bertz CT molecular complexity index is 374. The molecule has 0 saturated heterocycles. The number of rotatable bonds is 2. The van der Waals surface area contributed by atoms with E-state index in [1.54, 1.807) is 0 Å². The monoisotopic (exact) mass is 172 g/mol. The van der Waals surface area contributed by atoms with Crippen LogP contribution in [0.3, 0.4) is 0 Å². The molecule has 0 atom stereocenters. The van der Waals surface area contributed by atoms with Crippen LogP contribution in [0, 0.1) is 6.92 Å². The molecule has 2 aromatic rings. The van der Waals surface area contributed by atoms with E-state index in [0.29, 0.717) is 0 Å². The van der Waals surface area contributed by atoms with E-state index >= 15 is 0 Å². The van der Waals surface area contributed by atoms with E-state index in [1.807, 2.05) is 0 Å². The average molecular weight is 172 g/mol. The molecule has 67 valence electrons. The SMILES string of the molecule is [CH2]Cn1cc(CC)c2ccccc21. The molecule has 0 bridgehead atoms. The van der Waals surface area contributed by atoms with Crippen molar-refractivity contribution in [1.82, 2.24) is 4.57 Å². The number of aryl methyl sites for hydroxylation is 1. The average Bonchev–Trinajstić information content (AvgIpc) is 2.56. The Kier molecular flexibility index (Phi) is 2.09. The van der Waals surface area contributed by atoms with Gasteiger partial charge in [-0.15, -0.1) is 0 Å². The Labute approximate surface area is 79.0 Å². The fraction of sp³-hybridized carbons (Fsp3) is 0.250. The maximum atomic E-state index is 3.92. The van der Waals surface area contributed by atoms with Crippen LogP contribution in [0.5, 0.6) is 0 Å². The van der Waals surface area contributed by atoms with Gasteiger partial charge >= 0.3 is 0 Å². The lowest BCUT2D eigenvalue weighted by Gasteiger charge is -1.97. The van der Waals surface area contributed by atoms with Crippen LogP contribution in [0.25, 0.3) is 10.9 Å². The van der Waals surface area contributed by atoms with Gasteiger partial charge in [0.25, 0.3) is 0 Å². The fourth-order valence-corrected chi connectivity index (χ4v) is 1.79. The number of hydrogen-bond donors (Lipinski definition) is 0. The molecule has 0 aliphatic carbocycles. The first-order chi connectivity index (χ1) is 6.36. The van der Waals surface area contributed by atoms with Crippen molar-refractivity contribution < 1.29 is 0 Å². The molecule has 0 aliphatic heterocycles. The van der Waals surface area contributed by atoms with E-state index in [2.05, 4.69) is 48.9 Å². The standard InChI is InChI=1S/C12H14N/c1-3-10-9-13(4-2)12-8-6-5-7-11(10)12/h5-9H,2-4H2,1H3. The summed E-state index contributed by atoms with van der Waals surface area (Å²) in [7, 11) is 0. The Morgan fingerprint density at radius 3 is 2.77 bits per heavy atom. The first-order valence-corrected chi connectivity index (χ1v) is 4.72. The minimum absolute atomic E-state index is 0.806. The van der Waals surface area contributed by atoms with Gasteiger partial charge in [-0.2, -0.15) is 0 Å². The zero-order valence-corrected chi connectivity index (χ0v) is 7.96. The highest BCUT2D eigenvalue weighted by Gasteiger charge is 2.03. The third-order valence-corrected chi connectivity index (χ3v) is 2.49. The van der Waals surface area contributed by atoms with Gasteiger partial charge in [0.2, 0.25) is 0 Å². The van der Waals surface area contributed by atoms with Gasteiger partial charge in [-0.05, 0) is 25.0 Å². The van der Waals surface area contributed by atoms with Crippen LogP contribution in [0.4, 0.5) is 0 Å². The topological polar surface area (TPSA) is 4.93 Å². The first-order valence-electron chi connectivity index (χ1n) is 4.72. The van der Waals surface area contributed by atoms with E-state index in [9.17, 15) is 0 Å². The smallest absolute Gasteiger partial charge is 0.0483 e. The fourth-order valence-electron chi connectivity index (χ4n) is 1.79. The molecule has 1 aromatic heterocycles. The summed E-state index contributed by atoms with van der Waals surface area (Å²) in [6, 6.07) is 8.50. The second kappa shape index (κ2) is 3.25. The summed E-state index contributed by atoms with van der Waals surface area (Å²) in [5, 5.41) is 1.37. The summed E-state index contributed by atoms with van der Waals surface area (Å²) in [5.41, 5.74) is 2.72. The van der Waals surface area contributed by atoms with Gasteiger partial charge < -0.3 is 4.57 Å². The summed E-state index contributed by atoms with van der Waals surface area (Å²) in [4.78, 5) is 0. The molecule has 1 radical (unpaired) electrons. The predicted octanol–water partition coefficient (Wildman–Crippen LogP) is 3.04. The predicted molar refractivity (Wildman–Crippen MR) is 56.7 cm³/mol. The van der Waals surface area contributed by atoms with Crippen LogP contribution < -0.4 is 0 Å². The summed E-state index contributed by atoms with van der Waals surface area (Å²) in [6.07, 6.45) is 3.30. The lowest BCUT2D eigenvalue weighted by molar-refractivity contribution is 0.853. The van der Waals surface area contributed by atoms with E-state index in [1.165, 1.54) is 16.5 Å². The molecule has 0 saturated carbocycles. The molecule has 1 aromatic carbocycles. The Balaban J connectivity index is 2.74. The highest BCUT2D eigenvalue weighted by Crippen LogP contribution is 2.21. The Hall–Kier alpha value is -1.24. The Morgan fingerprint density at radius 1 is 1.31 bits per heavy atom. The summed E-state index contributed by atoms with van der Waals surface area (Å²) in [6.45, 7) is 6.91. The van der Waals surface area contributed by atoms with Gasteiger partial charge in [0, 0.05) is 23.6 Å². The van der Waals surface area contributed by atoms with Crippen LogP contribution in [0.15, 0.2) is 30.5 Å². The summed E-state index contributed by atoms with van der Waals surface area (Å²) < 4.78 is 2.20. The van der Waals surface area contributed by atoms with Crippen molar-refractivity contribution in [2.24, 2.45) is 0 Å². The van der Waals surface area contributed by atoms with Crippen molar-refractivity contribution in [3.8, 4) is 0 Å². The molecule has 0 amide bonds. The van der Waals surface area contributed by atoms with E-state index in [-0.39, 0.29) is 0 Å². The van der Waals surface area contributed by atoms with Crippen molar-refractivity contribution in [3.63, 3.8) is 0 Å². The first kappa shape index (κ1) is 8.36. The summed E-state index contributed by atoms with van der Waals surface area (Å²) in [5.74, 6) is 0. The van der Waals surface area contributed by atoms with Gasteiger partial charge in [0.05, 0.1) is 0 Å². The molecule has 1 heteroatoms. The Morgan fingerprint density at radius 2 is 2.08 bits per heavy atom. The highest BCUT2D eigenvalue weighted by atomic mass is 14.9. The number of aromatic nitrogens is 1. The highest BCUT2D eigenvalue weighted by molar-refractivity contribution is 5.83. The van der Waals surface area contributed by atoms with Crippen LogP contribution >= 0.6 is 0 Å². The van der Waals surface area contributed by atoms with Crippen LogP contribution in [-0.4, -0.2) is 4.57 Å². The zero-order valence-electron chi connectivity index (χ0n) is 7.96. The van der Waals surface area contributed by atoms with Crippen molar-refractivity contribution in [1.29, 1.82) is 0 Å². The molecular weight excluding hydrogens is 158 g/mol. The van der Waals surface area contributed by atoms with Gasteiger partial charge in [0.1, 0.15) is 0 Å². The molecule has 1 nitrogen and oxygen atoms in total. The van der Waals surface area contributed by atoms with Crippen molar-refractivity contribution in [2.45, 2.75) is 19.9 Å². The zero-order chi connectivity index (χ0) is 9.26. The number of hydrogen-bond acceptors (Lipinski definition) is 0. The molecule has 0 fully saturated rings. The second-order valence-electron chi connectivity index (χ2n) is 3.22. The minimum atomic E-state index is 0.806. The maximum Gasteiger partial charge on any atom is 0.0483 e. The summed E-state index contributed by atoms with van der Waals surface area (Å²) >= 11 is 0. The lowest BCUT2D eigenvalue weighted by atomic mass is 10.1. The van der Waals surface area contributed by atoms with Gasteiger partial charge in [-0.3, -0.25) is 0 Å². The van der Waals surface area contributed by atoms with Crippen molar-refractivity contribution in [3.05, 3.63) is 42.9 Å². The van der Waals surface area contributed by atoms with E-state index in [0.717, 1.165) is 13.0 Å². The minimum Gasteiger partial charge on any atom is -0.347 e. The van der Waals surface area contributed by atoms with Gasteiger partial charge in [-0.25, -0.2) is 0 Å². The molecule has 0 unspecified atom stereocenters. The largest absolute Gasteiger partial charge is 0.347 e. The molecule has 0 spiro atoms. The lowest BCUT2D eigenvalue weighted by Crippen LogP contribution is -1.90. The van der Waals surface area contributed by atoms with Crippen molar-refractivity contribution in [2.75, 3.05) is 0 Å². The van der Waals surface area contributed by atoms with Gasteiger partial charge in [-0.1, -0.05) is 25.1 Å². The number of para-hydroxylation sites is 1. The molecule has 0 N–H and O–H groups in total. The number of fused-ring (bicyclic) bond motifs is 1. The van der Waals surface area contributed by atoms with Gasteiger partial charge in [0.15, 0.2) is 0 Å². The van der Waals surface area contributed by atoms with E-state index < -0.39 is 0 Å². The molecule has 2 rings (SSSR count). The molecule has 0 aliphatic rings. The number of benzene rings is 1. The molecule has 1 heterocycles. The van der Waals surface area contributed by atoms with Crippen LogP contribution in [0.1, 0.15) is 12.5 Å². The second-order valence-corrected chi connectivity index (χ2v) is 3.22. The van der Waals surface area contributed by atoms with Crippen LogP contribution in [0.2, 0.25) is 0 Å². The van der Waals surface area contributed by atoms with Crippen molar-refractivity contribution >= 4 is 10.9 Å². The van der Waals surface area contributed by atoms with Crippen LogP contribution in [-0.2, 0) is 13.0 Å². The third-order valence-electron chi connectivity index (χ3n) is 2.49. The maximum absolute atomic E-state index is 3.92. The molecular formula is C12H14N. The quantitative estimate of drug-likeness (QED) is 0.656. The molecule has 13 heavy (non-hydrogen) atoms. The number of nitrogens with zero attached hydrogens (tertiary/aromatic N) is 1. The van der Waals surface area contributed by atoms with E-state index in [4.69, 9.17) is 0 Å². The third kappa shape index (κ3) is 1.24.